The van der Waals surface area contributed by atoms with E-state index < -0.39 is 0 Å². The number of rotatable bonds is 0. The summed E-state index contributed by atoms with van der Waals surface area (Å²) in [4.78, 5) is 25.9. The minimum atomic E-state index is -0.0188. The molecule has 0 bridgehead atoms. The highest BCUT2D eigenvalue weighted by molar-refractivity contribution is 8.06. The van der Waals surface area contributed by atoms with Crippen LogP contribution in [0.25, 0.3) is 10.8 Å². The van der Waals surface area contributed by atoms with Gasteiger partial charge in [0, 0.05) is 16.7 Å². The van der Waals surface area contributed by atoms with E-state index in [2.05, 4.69) is 0 Å². The van der Waals surface area contributed by atoms with Crippen molar-refractivity contribution in [2.45, 2.75) is 6.42 Å². The van der Waals surface area contributed by atoms with Crippen LogP contribution in [-0.4, -0.2) is 11.6 Å². The second-order valence-electron chi connectivity index (χ2n) is 4.87. The molecule has 0 amide bonds. The summed E-state index contributed by atoms with van der Waals surface area (Å²) in [5.74, 6) is -0.0158. The normalized spacial score (nSPS) is 17.4. The van der Waals surface area contributed by atoms with E-state index in [1.807, 2.05) is 41.8 Å². The van der Waals surface area contributed by atoms with Crippen LogP contribution in [0.1, 0.15) is 27.1 Å². The zero-order chi connectivity index (χ0) is 13.7. The van der Waals surface area contributed by atoms with Crippen LogP contribution in [0, 0.1) is 0 Å². The van der Waals surface area contributed by atoms with E-state index >= 15 is 0 Å². The maximum absolute atomic E-state index is 12.8. The number of hydrogen-bond acceptors (Lipinski definition) is 3. The molecule has 0 saturated carbocycles. The van der Waals surface area contributed by atoms with E-state index in [1.165, 1.54) is 11.8 Å². The number of ketones is 2. The van der Waals surface area contributed by atoms with Gasteiger partial charge < -0.3 is 0 Å². The van der Waals surface area contributed by atoms with Gasteiger partial charge in [-0.1, -0.05) is 48.2 Å². The predicted molar refractivity (Wildman–Crippen MR) is 81.0 cm³/mol. The fourth-order valence-electron chi connectivity index (χ4n) is 2.81. The quantitative estimate of drug-likeness (QED) is 0.727. The zero-order valence-electron chi connectivity index (χ0n) is 10.6. The molecular weight excluding hydrogens is 268 g/mol. The second kappa shape index (κ2) is 4.18. The summed E-state index contributed by atoms with van der Waals surface area (Å²) in [6.07, 6.45) is 2.49. The Morgan fingerprint density at radius 1 is 0.950 bits per heavy atom. The van der Waals surface area contributed by atoms with Gasteiger partial charge in [-0.2, -0.15) is 0 Å². The van der Waals surface area contributed by atoms with Crippen molar-refractivity contribution in [3.63, 3.8) is 0 Å². The summed E-state index contributed by atoms with van der Waals surface area (Å²) in [5.41, 5.74) is 1.75. The van der Waals surface area contributed by atoms with Crippen molar-refractivity contribution >= 4 is 34.1 Å². The summed E-state index contributed by atoms with van der Waals surface area (Å²) in [5, 5.41) is 3.75. The Morgan fingerprint density at radius 3 is 2.70 bits per heavy atom. The topological polar surface area (TPSA) is 34.1 Å². The molecule has 96 valence electrons. The molecule has 0 saturated heterocycles. The molecule has 1 heterocycles. The summed E-state index contributed by atoms with van der Waals surface area (Å²) in [6.45, 7) is 0. The van der Waals surface area contributed by atoms with Crippen molar-refractivity contribution in [3.05, 3.63) is 69.5 Å². The summed E-state index contributed by atoms with van der Waals surface area (Å²) < 4.78 is 0. The lowest BCUT2D eigenvalue weighted by Gasteiger charge is -2.22. The van der Waals surface area contributed by atoms with Crippen LogP contribution in [0.4, 0.5) is 0 Å². The molecule has 2 aliphatic rings. The van der Waals surface area contributed by atoms with Gasteiger partial charge in [0.25, 0.3) is 0 Å². The molecule has 0 radical (unpaired) electrons. The third-order valence-electron chi connectivity index (χ3n) is 3.76. The van der Waals surface area contributed by atoms with Gasteiger partial charge in [-0.25, -0.2) is 0 Å². The van der Waals surface area contributed by atoms with Crippen LogP contribution in [0.2, 0.25) is 0 Å². The van der Waals surface area contributed by atoms with Crippen molar-refractivity contribution in [1.82, 2.24) is 0 Å². The molecule has 0 unspecified atom stereocenters. The molecule has 3 heteroatoms. The van der Waals surface area contributed by atoms with Gasteiger partial charge in [0.15, 0.2) is 5.78 Å². The molecular formula is C17H10O2S. The third kappa shape index (κ3) is 1.47. The molecule has 4 rings (SSSR count). The van der Waals surface area contributed by atoms with Crippen LogP contribution in [0.5, 0.6) is 0 Å². The van der Waals surface area contributed by atoms with E-state index in [1.54, 1.807) is 6.07 Å². The largest absolute Gasteiger partial charge is 0.289 e. The van der Waals surface area contributed by atoms with E-state index in [0.29, 0.717) is 28.0 Å². The minimum Gasteiger partial charge on any atom is -0.289 e. The Kier molecular flexibility index (Phi) is 2.44. The Balaban J connectivity index is 2.06. The van der Waals surface area contributed by atoms with Gasteiger partial charge >= 0.3 is 0 Å². The molecule has 0 aromatic heterocycles. The van der Waals surface area contributed by atoms with Crippen LogP contribution in [-0.2, 0) is 0 Å². The Bertz CT molecular complexity index is 843. The number of carbonyl (C=O) groups excluding carboxylic acids is 2. The van der Waals surface area contributed by atoms with Crippen LogP contribution in [0.3, 0.4) is 0 Å². The van der Waals surface area contributed by atoms with Crippen LogP contribution < -0.4 is 0 Å². The number of Topliss-reactive ketones (excluding diaryl/α,β-unsaturated/α-hetero) is 2. The summed E-state index contributed by atoms with van der Waals surface area (Å²) in [6, 6.07) is 11.4. The van der Waals surface area contributed by atoms with Gasteiger partial charge in [0.2, 0.25) is 5.78 Å². The van der Waals surface area contributed by atoms with E-state index in [4.69, 9.17) is 0 Å². The zero-order valence-corrected chi connectivity index (χ0v) is 11.4. The molecule has 0 fully saturated rings. The first-order valence-electron chi connectivity index (χ1n) is 6.43. The first-order chi connectivity index (χ1) is 9.77. The molecule has 20 heavy (non-hydrogen) atoms. The van der Waals surface area contributed by atoms with Gasteiger partial charge in [-0.15, -0.1) is 0 Å². The minimum absolute atomic E-state index is 0.00301. The average molecular weight is 278 g/mol. The molecule has 1 aliphatic heterocycles. The summed E-state index contributed by atoms with van der Waals surface area (Å²) in [7, 11) is 0. The number of carbonyl (C=O) groups is 2. The predicted octanol–water partition coefficient (Wildman–Crippen LogP) is 4.12. The molecule has 0 atom stereocenters. The standard InChI is InChI=1S/C17H10O2S/c18-15-13-6-3-9-20-17(13)16(19)12-8-7-10-4-1-2-5-11(10)14(12)15/h1-5,7-9H,6H2. The lowest BCUT2D eigenvalue weighted by molar-refractivity contribution is 0.0981. The highest BCUT2D eigenvalue weighted by Gasteiger charge is 2.33. The van der Waals surface area contributed by atoms with Crippen molar-refractivity contribution in [1.29, 1.82) is 0 Å². The van der Waals surface area contributed by atoms with Gasteiger partial charge in [-0.05, 0) is 28.7 Å². The van der Waals surface area contributed by atoms with E-state index in [0.717, 1.165) is 10.8 Å². The fourth-order valence-corrected chi connectivity index (χ4v) is 3.67. The summed E-state index contributed by atoms with van der Waals surface area (Å²) >= 11 is 1.36. The first-order valence-corrected chi connectivity index (χ1v) is 7.31. The number of allylic oxidation sites excluding steroid dienone is 3. The maximum Gasteiger partial charge on any atom is 0.200 e. The highest BCUT2D eigenvalue weighted by Crippen LogP contribution is 2.39. The maximum atomic E-state index is 12.8. The molecule has 2 aromatic carbocycles. The Labute approximate surface area is 120 Å². The average Bonchev–Trinajstić information content (AvgIpc) is 2.51. The SMILES string of the molecule is O=C1C2=C(CC=CS2)C(=O)c2c1ccc1ccccc21. The lowest BCUT2D eigenvalue weighted by atomic mass is 9.84. The monoisotopic (exact) mass is 278 g/mol. The van der Waals surface area contributed by atoms with Gasteiger partial charge in [0.1, 0.15) is 0 Å². The molecule has 0 spiro atoms. The molecule has 2 nitrogen and oxygen atoms in total. The Morgan fingerprint density at radius 2 is 1.80 bits per heavy atom. The van der Waals surface area contributed by atoms with Crippen molar-refractivity contribution in [2.75, 3.05) is 0 Å². The fraction of sp³-hybridized carbons (Fsp3) is 0.0588. The van der Waals surface area contributed by atoms with Crippen molar-refractivity contribution < 1.29 is 9.59 Å². The van der Waals surface area contributed by atoms with E-state index in [-0.39, 0.29) is 11.6 Å². The highest BCUT2D eigenvalue weighted by atomic mass is 32.2. The molecule has 1 aliphatic carbocycles. The second-order valence-corrected chi connectivity index (χ2v) is 5.79. The Hall–Kier alpha value is -2.13. The van der Waals surface area contributed by atoms with E-state index in [9.17, 15) is 9.59 Å². The molecule has 0 N–H and O–H groups in total. The van der Waals surface area contributed by atoms with Crippen molar-refractivity contribution in [3.8, 4) is 0 Å². The van der Waals surface area contributed by atoms with Crippen LogP contribution in [0.15, 0.2) is 58.4 Å². The van der Waals surface area contributed by atoms with Crippen molar-refractivity contribution in [2.24, 2.45) is 0 Å². The first kappa shape index (κ1) is 11.7. The van der Waals surface area contributed by atoms with Gasteiger partial charge in [0.05, 0.1) is 4.91 Å². The number of hydrogen-bond donors (Lipinski definition) is 0. The number of thioether (sulfide) groups is 1. The number of fused-ring (bicyclic) bond motifs is 3. The van der Waals surface area contributed by atoms with Gasteiger partial charge in [-0.3, -0.25) is 9.59 Å². The smallest absolute Gasteiger partial charge is 0.200 e. The lowest BCUT2D eigenvalue weighted by Crippen LogP contribution is -2.21. The van der Waals surface area contributed by atoms with Crippen LogP contribution >= 0.6 is 11.8 Å². The third-order valence-corrected chi connectivity index (χ3v) is 4.76. The number of benzene rings is 2. The molecule has 2 aromatic rings.